The molecule has 0 aromatic heterocycles. The summed E-state index contributed by atoms with van der Waals surface area (Å²) in [6.45, 7) is 6.37. The quantitative estimate of drug-likeness (QED) is 0.880. The van der Waals surface area contributed by atoms with Gasteiger partial charge < -0.3 is 10.5 Å². The number of hydrogen-bond acceptors (Lipinski definition) is 3. The highest BCUT2D eigenvalue weighted by Crippen LogP contribution is 2.49. The van der Waals surface area contributed by atoms with E-state index in [1.54, 1.807) is 0 Å². The van der Waals surface area contributed by atoms with Crippen LogP contribution in [0.25, 0.3) is 6.08 Å². The third kappa shape index (κ3) is 3.13. The first kappa shape index (κ1) is 14.0. The van der Waals surface area contributed by atoms with Crippen LogP contribution in [0.1, 0.15) is 38.3 Å². The molecule has 1 aliphatic heterocycles. The maximum absolute atomic E-state index is 6.16. The molecule has 0 aliphatic carbocycles. The van der Waals surface area contributed by atoms with Crippen LogP contribution in [0.15, 0.2) is 28.2 Å². The molecule has 19 heavy (non-hydrogen) atoms. The molecule has 3 N–H and O–H groups in total. The van der Waals surface area contributed by atoms with Crippen molar-refractivity contribution in [1.29, 1.82) is 0 Å². The fourth-order valence-corrected chi connectivity index (χ4v) is 4.52. The summed E-state index contributed by atoms with van der Waals surface area (Å²) in [5, 5.41) is 0. The number of amidine groups is 1. The maximum Gasteiger partial charge on any atom is 0.140 e. The molecular formula is C15H23N3S. The minimum Gasteiger partial charge on any atom is -0.383 e. The molecule has 0 radical (unpaired) electrons. The molecule has 4 heteroatoms. The summed E-state index contributed by atoms with van der Waals surface area (Å²) in [5.74, 6) is 1.73. The first-order valence-electron chi connectivity index (χ1n) is 6.62. The summed E-state index contributed by atoms with van der Waals surface area (Å²) < 4.78 is 8.29. The van der Waals surface area contributed by atoms with Crippen molar-refractivity contribution in [1.82, 2.24) is 0 Å². The van der Waals surface area contributed by atoms with Gasteiger partial charge in [0.25, 0.3) is 0 Å². The predicted molar refractivity (Wildman–Crippen MR) is 88.8 cm³/mol. The lowest BCUT2D eigenvalue weighted by Crippen LogP contribution is -2.25. The number of anilines is 1. The number of allylic oxidation sites excluding steroid dienone is 1. The molecule has 1 atom stereocenters. The second kappa shape index (κ2) is 5.29. The van der Waals surface area contributed by atoms with E-state index in [1.807, 2.05) is 0 Å². The minimum absolute atomic E-state index is 0.670. The van der Waals surface area contributed by atoms with Crippen molar-refractivity contribution < 1.29 is 0 Å². The Morgan fingerprint density at radius 3 is 2.79 bits per heavy atom. The zero-order valence-corrected chi connectivity index (χ0v) is 13.0. The number of rotatable bonds is 3. The van der Waals surface area contributed by atoms with Gasteiger partial charge >= 0.3 is 0 Å². The molecular weight excluding hydrogens is 254 g/mol. The van der Waals surface area contributed by atoms with Gasteiger partial charge in [-0.2, -0.15) is 0 Å². The van der Waals surface area contributed by atoms with Gasteiger partial charge in [-0.25, -0.2) is 4.40 Å². The lowest BCUT2D eigenvalue weighted by atomic mass is 10.1. The summed E-state index contributed by atoms with van der Waals surface area (Å²) in [7, 11) is -1.19. The van der Waals surface area contributed by atoms with Crippen molar-refractivity contribution in [2.24, 2.45) is 10.1 Å². The summed E-state index contributed by atoms with van der Waals surface area (Å²) in [6, 6.07) is 6.36. The smallest absolute Gasteiger partial charge is 0.140 e. The third-order valence-corrected chi connectivity index (χ3v) is 5.47. The van der Waals surface area contributed by atoms with E-state index in [2.05, 4.69) is 56.0 Å². The van der Waals surface area contributed by atoms with Gasteiger partial charge in [0, 0.05) is 17.6 Å². The van der Waals surface area contributed by atoms with Crippen LogP contribution >= 0.6 is 10.4 Å². The van der Waals surface area contributed by atoms with Gasteiger partial charge in [-0.1, -0.05) is 35.0 Å². The highest BCUT2D eigenvalue weighted by molar-refractivity contribution is 8.33. The van der Waals surface area contributed by atoms with Crippen molar-refractivity contribution in [3.8, 4) is 0 Å². The molecule has 0 spiro atoms. The summed E-state index contributed by atoms with van der Waals surface area (Å²) >= 11 is 0. The molecule has 0 amide bonds. The fraction of sp³-hybridized carbons (Fsp3) is 0.400. The SMILES string of the molecule is CCCS1(C)N=C(N)c2cc(C=C(C)C)ccc2N1. The Hall–Kier alpha value is -1.42. The van der Waals surface area contributed by atoms with Crippen LogP contribution in [-0.4, -0.2) is 17.8 Å². The van der Waals surface area contributed by atoms with E-state index in [9.17, 15) is 0 Å². The molecule has 0 saturated carbocycles. The van der Waals surface area contributed by atoms with Crippen molar-refractivity contribution in [2.45, 2.75) is 27.2 Å². The van der Waals surface area contributed by atoms with Crippen molar-refractivity contribution in [2.75, 3.05) is 16.7 Å². The Morgan fingerprint density at radius 1 is 1.42 bits per heavy atom. The number of benzene rings is 1. The number of nitrogens with two attached hydrogens (primary N) is 1. The van der Waals surface area contributed by atoms with Crippen LogP contribution in [-0.2, 0) is 0 Å². The molecule has 2 rings (SSSR count). The Labute approximate surface area is 117 Å². The molecule has 1 aliphatic rings. The molecule has 1 unspecified atom stereocenters. The number of hydrogen-bond donors (Lipinski definition) is 2. The van der Waals surface area contributed by atoms with Crippen LogP contribution in [0.4, 0.5) is 5.69 Å². The lowest BCUT2D eigenvalue weighted by molar-refractivity contribution is 1.09. The Kier molecular flexibility index (Phi) is 3.90. The first-order chi connectivity index (χ1) is 8.93. The van der Waals surface area contributed by atoms with Crippen LogP contribution < -0.4 is 10.5 Å². The number of nitrogens with zero attached hydrogens (tertiary/aromatic N) is 1. The van der Waals surface area contributed by atoms with E-state index in [4.69, 9.17) is 10.1 Å². The Balaban J connectivity index is 2.40. The maximum atomic E-state index is 6.16. The highest BCUT2D eigenvalue weighted by Gasteiger charge is 2.24. The molecule has 1 aromatic rings. The zero-order chi connectivity index (χ0) is 14.0. The van der Waals surface area contributed by atoms with E-state index < -0.39 is 10.4 Å². The number of fused-ring (bicyclic) bond motifs is 1. The van der Waals surface area contributed by atoms with Crippen LogP contribution in [0, 0.1) is 0 Å². The molecule has 0 fully saturated rings. The topological polar surface area (TPSA) is 50.4 Å². The summed E-state index contributed by atoms with van der Waals surface area (Å²) in [5.41, 5.74) is 10.8. The van der Waals surface area contributed by atoms with E-state index in [-0.39, 0.29) is 0 Å². The van der Waals surface area contributed by atoms with Gasteiger partial charge in [-0.3, -0.25) is 0 Å². The fourth-order valence-electron chi connectivity index (χ4n) is 2.31. The largest absolute Gasteiger partial charge is 0.383 e. The summed E-state index contributed by atoms with van der Waals surface area (Å²) in [4.78, 5) is 0. The van der Waals surface area contributed by atoms with Gasteiger partial charge in [0.05, 0.1) is 5.69 Å². The van der Waals surface area contributed by atoms with Gasteiger partial charge in [0.2, 0.25) is 0 Å². The van der Waals surface area contributed by atoms with Gasteiger partial charge in [0.1, 0.15) is 5.84 Å². The average Bonchev–Trinajstić information content (AvgIpc) is 2.29. The second-order valence-corrected chi connectivity index (χ2v) is 8.22. The molecule has 0 bridgehead atoms. The molecule has 3 nitrogen and oxygen atoms in total. The monoisotopic (exact) mass is 277 g/mol. The average molecular weight is 277 g/mol. The Bertz CT molecular complexity index is 544. The molecule has 104 valence electrons. The van der Waals surface area contributed by atoms with E-state index in [1.165, 1.54) is 11.1 Å². The summed E-state index contributed by atoms with van der Waals surface area (Å²) in [6.07, 6.45) is 5.44. The second-order valence-electron chi connectivity index (χ2n) is 5.35. The highest BCUT2D eigenvalue weighted by atomic mass is 32.3. The van der Waals surface area contributed by atoms with E-state index in [0.717, 1.165) is 23.4 Å². The van der Waals surface area contributed by atoms with Crippen molar-refractivity contribution >= 4 is 28.0 Å². The first-order valence-corrected chi connectivity index (χ1v) is 8.79. The minimum atomic E-state index is -1.19. The molecule has 1 aromatic carbocycles. The molecule has 1 heterocycles. The number of nitrogens with one attached hydrogen (secondary N) is 1. The third-order valence-electron chi connectivity index (χ3n) is 3.01. The molecule has 0 saturated heterocycles. The van der Waals surface area contributed by atoms with Gasteiger partial charge in [0.15, 0.2) is 0 Å². The predicted octanol–water partition coefficient (Wildman–Crippen LogP) is 3.92. The van der Waals surface area contributed by atoms with E-state index in [0.29, 0.717) is 5.84 Å². The van der Waals surface area contributed by atoms with Crippen molar-refractivity contribution in [3.63, 3.8) is 0 Å². The Morgan fingerprint density at radius 2 is 2.16 bits per heavy atom. The van der Waals surface area contributed by atoms with Gasteiger partial charge in [-0.05, 0) is 38.0 Å². The van der Waals surface area contributed by atoms with Crippen LogP contribution in [0.5, 0.6) is 0 Å². The van der Waals surface area contributed by atoms with Crippen LogP contribution in [0.3, 0.4) is 0 Å². The zero-order valence-electron chi connectivity index (χ0n) is 12.2. The normalized spacial score (nSPS) is 24.5. The van der Waals surface area contributed by atoms with Crippen molar-refractivity contribution in [3.05, 3.63) is 34.9 Å². The van der Waals surface area contributed by atoms with E-state index >= 15 is 0 Å². The van der Waals surface area contributed by atoms with Gasteiger partial charge in [-0.15, -0.1) is 0 Å². The standard InChI is InChI=1S/C15H23N3S/c1-5-8-19(4)17-14-7-6-12(9-11(2)3)10-13(14)15(16)18-19/h6-7,9-10,17H,5,8H2,1-4H3,(H2,16,18). The van der Waals surface area contributed by atoms with Crippen LogP contribution in [0.2, 0.25) is 0 Å². The lowest BCUT2D eigenvalue weighted by Gasteiger charge is -2.37.